The van der Waals surface area contributed by atoms with E-state index in [2.05, 4.69) is 5.32 Å². The number of nitrogens with zero attached hydrogens (tertiary/aromatic N) is 1. The van der Waals surface area contributed by atoms with E-state index in [0.29, 0.717) is 0 Å². The van der Waals surface area contributed by atoms with E-state index >= 15 is 0 Å². The highest BCUT2D eigenvalue weighted by Gasteiger charge is 2.29. The van der Waals surface area contributed by atoms with Crippen LogP contribution in [0.4, 0.5) is 20.2 Å². The van der Waals surface area contributed by atoms with Crippen LogP contribution in [-0.2, 0) is 9.59 Å². The highest BCUT2D eigenvalue weighted by molar-refractivity contribution is 6.42. The largest absolute Gasteiger partial charge is 0.336 e. The third-order valence-electron chi connectivity index (χ3n) is 1.79. The predicted molar refractivity (Wildman–Crippen MR) is 46.8 cm³/mol. The number of anilines is 1. The molecule has 77 valence electrons. The van der Waals surface area contributed by atoms with Crippen LogP contribution >= 0.6 is 11.6 Å². The number of hydrogen-bond acceptors (Lipinski definition) is 2. The molecule has 1 aliphatic heterocycles. The number of carbonyl (C=O) groups excluding carboxylic acids is 2. The second-order valence-electron chi connectivity index (χ2n) is 2.75. The van der Waals surface area contributed by atoms with Crippen LogP contribution in [0.3, 0.4) is 0 Å². The molecule has 0 aliphatic carbocycles. The normalized spacial score (nSPS) is 14.3. The molecular weight excluding hydrogens is 230 g/mol. The number of benzene rings is 1. The molecule has 0 saturated carbocycles. The molecule has 1 aromatic rings. The maximum absolute atomic E-state index is 13.3. The van der Waals surface area contributed by atoms with E-state index in [1.807, 2.05) is 5.32 Å². The zero-order valence-corrected chi connectivity index (χ0v) is 7.73. The smallest absolute Gasteiger partial charge is 0.316 e. The van der Waals surface area contributed by atoms with Crippen molar-refractivity contribution in [1.29, 1.82) is 0 Å². The van der Waals surface area contributed by atoms with Crippen LogP contribution in [0.25, 0.3) is 0 Å². The Kier molecular flexibility index (Phi) is 2.08. The van der Waals surface area contributed by atoms with Gasteiger partial charge in [0.2, 0.25) is 0 Å². The van der Waals surface area contributed by atoms with Gasteiger partial charge in [0.1, 0.15) is 16.5 Å². The Balaban J connectivity index is 2.63. The van der Waals surface area contributed by atoms with Gasteiger partial charge >= 0.3 is 11.8 Å². The molecule has 0 fully saturated rings. The Morgan fingerprint density at radius 2 is 2.00 bits per heavy atom. The molecule has 2 amide bonds. The number of halogens is 3. The molecule has 1 radical (unpaired) electrons. The van der Waals surface area contributed by atoms with Crippen molar-refractivity contribution in [2.24, 2.45) is 0 Å². The molecule has 4 nitrogen and oxygen atoms in total. The Labute approximate surface area is 87.2 Å². The third-order valence-corrected chi connectivity index (χ3v) is 2.14. The van der Waals surface area contributed by atoms with Gasteiger partial charge in [-0.15, -0.1) is 0 Å². The highest BCUT2D eigenvalue weighted by atomic mass is 35.5. The van der Waals surface area contributed by atoms with E-state index in [4.69, 9.17) is 11.6 Å². The van der Waals surface area contributed by atoms with Gasteiger partial charge in [-0.2, -0.15) is 5.32 Å². The molecule has 0 aromatic heterocycles. The quantitative estimate of drug-likeness (QED) is 0.541. The van der Waals surface area contributed by atoms with Gasteiger partial charge < -0.3 is 5.32 Å². The molecule has 1 aromatic carbocycles. The molecule has 0 atom stereocenters. The van der Waals surface area contributed by atoms with E-state index in [1.54, 1.807) is 0 Å². The minimum atomic E-state index is -1.17. The summed E-state index contributed by atoms with van der Waals surface area (Å²) in [5, 5.41) is 4.39. The van der Waals surface area contributed by atoms with Gasteiger partial charge in [-0.3, -0.25) is 9.59 Å². The Hall–Kier alpha value is -1.69. The van der Waals surface area contributed by atoms with Crippen molar-refractivity contribution < 1.29 is 18.4 Å². The van der Waals surface area contributed by atoms with Gasteiger partial charge in [0.25, 0.3) is 0 Å². The van der Waals surface area contributed by atoms with Gasteiger partial charge in [-0.1, -0.05) is 11.6 Å². The van der Waals surface area contributed by atoms with Crippen molar-refractivity contribution in [2.75, 3.05) is 5.32 Å². The average Bonchev–Trinajstić information content (AvgIpc) is 2.19. The summed E-state index contributed by atoms with van der Waals surface area (Å²) in [7, 11) is 0. The van der Waals surface area contributed by atoms with E-state index in [-0.39, 0.29) is 5.69 Å². The maximum atomic E-state index is 13.3. The van der Waals surface area contributed by atoms with Gasteiger partial charge in [-0.25, -0.2) is 8.78 Å². The summed E-state index contributed by atoms with van der Waals surface area (Å²) in [6.45, 7) is 0. The molecule has 0 spiro atoms. The SMILES string of the molecule is O=C1[N]c2c(cc(F)c(Cl)c2F)NC1=O. The lowest BCUT2D eigenvalue weighted by molar-refractivity contribution is -0.135. The minimum Gasteiger partial charge on any atom is -0.316 e. The number of carbonyl (C=O) groups is 2. The molecule has 7 heteroatoms. The molecule has 1 aliphatic rings. The summed E-state index contributed by atoms with van der Waals surface area (Å²) >= 11 is 5.26. The van der Waals surface area contributed by atoms with Gasteiger partial charge in [0, 0.05) is 6.07 Å². The Bertz CT molecular complexity index is 490. The zero-order valence-electron chi connectivity index (χ0n) is 6.97. The third kappa shape index (κ3) is 1.42. The van der Waals surface area contributed by atoms with Gasteiger partial charge in [-0.05, 0) is 0 Å². The lowest BCUT2D eigenvalue weighted by Gasteiger charge is -2.16. The fourth-order valence-corrected chi connectivity index (χ4v) is 1.26. The molecule has 1 heterocycles. The highest BCUT2D eigenvalue weighted by Crippen LogP contribution is 2.34. The molecule has 1 N–H and O–H groups in total. The van der Waals surface area contributed by atoms with E-state index < -0.39 is 34.2 Å². The number of hydrogen-bond donors (Lipinski definition) is 1. The number of rotatable bonds is 0. The summed E-state index contributed by atoms with van der Waals surface area (Å²) < 4.78 is 26.2. The summed E-state index contributed by atoms with van der Waals surface area (Å²) in [6, 6.07) is 0.800. The van der Waals surface area contributed by atoms with Crippen LogP contribution < -0.4 is 10.6 Å². The lowest BCUT2D eigenvalue weighted by atomic mass is 10.2. The maximum Gasteiger partial charge on any atom is 0.336 e. The molecule has 0 saturated heterocycles. The van der Waals surface area contributed by atoms with Crippen molar-refractivity contribution >= 4 is 34.8 Å². The van der Waals surface area contributed by atoms with Crippen LogP contribution in [0.5, 0.6) is 0 Å². The fourth-order valence-electron chi connectivity index (χ4n) is 1.12. The van der Waals surface area contributed by atoms with Crippen LogP contribution in [0.2, 0.25) is 5.02 Å². The Morgan fingerprint density at radius 3 is 2.67 bits per heavy atom. The second-order valence-corrected chi connectivity index (χ2v) is 3.13. The van der Waals surface area contributed by atoms with E-state index in [0.717, 1.165) is 6.07 Å². The van der Waals surface area contributed by atoms with Crippen molar-refractivity contribution in [3.05, 3.63) is 22.7 Å². The molecule has 15 heavy (non-hydrogen) atoms. The van der Waals surface area contributed by atoms with Crippen LogP contribution in [0.15, 0.2) is 6.07 Å². The predicted octanol–water partition coefficient (Wildman–Crippen LogP) is 1.33. The van der Waals surface area contributed by atoms with Crippen LogP contribution in [-0.4, -0.2) is 11.8 Å². The average molecular weight is 232 g/mol. The Morgan fingerprint density at radius 1 is 1.33 bits per heavy atom. The summed E-state index contributed by atoms with van der Waals surface area (Å²) in [6.07, 6.45) is 0. The standard InChI is InChI=1S/C8H2ClF2N2O2/c9-4-2(10)1-3-6(5(4)11)13-8(15)7(14)12-3/h1H,(H,12,14). The van der Waals surface area contributed by atoms with Crippen molar-refractivity contribution in [2.45, 2.75) is 0 Å². The minimum absolute atomic E-state index is 0.209. The topological polar surface area (TPSA) is 60.3 Å². The van der Waals surface area contributed by atoms with Crippen molar-refractivity contribution in [1.82, 2.24) is 5.32 Å². The number of nitrogens with one attached hydrogen (secondary N) is 1. The van der Waals surface area contributed by atoms with Gasteiger partial charge in [0.15, 0.2) is 5.82 Å². The van der Waals surface area contributed by atoms with Crippen LogP contribution in [0.1, 0.15) is 0 Å². The monoisotopic (exact) mass is 231 g/mol. The first-order valence-electron chi connectivity index (χ1n) is 3.75. The van der Waals surface area contributed by atoms with Crippen LogP contribution in [0, 0.1) is 11.6 Å². The molecule has 0 bridgehead atoms. The number of amides is 2. The summed E-state index contributed by atoms with van der Waals surface area (Å²) in [5.74, 6) is -4.38. The van der Waals surface area contributed by atoms with Gasteiger partial charge in [0.05, 0.1) is 5.69 Å². The van der Waals surface area contributed by atoms with Crippen molar-refractivity contribution in [3.8, 4) is 0 Å². The van der Waals surface area contributed by atoms with E-state index in [1.165, 1.54) is 0 Å². The van der Waals surface area contributed by atoms with E-state index in [9.17, 15) is 18.4 Å². The molecular formula is C8H2ClF2N2O2. The zero-order chi connectivity index (χ0) is 11.2. The lowest BCUT2D eigenvalue weighted by Crippen LogP contribution is -2.34. The van der Waals surface area contributed by atoms with Crippen molar-refractivity contribution in [3.63, 3.8) is 0 Å². The first kappa shape index (κ1) is 9.85. The summed E-state index contributed by atoms with van der Waals surface area (Å²) in [4.78, 5) is 21.7. The first-order valence-corrected chi connectivity index (χ1v) is 4.13. The molecule has 2 rings (SSSR count). The number of fused-ring (bicyclic) bond motifs is 1. The second kappa shape index (κ2) is 3.16. The summed E-state index contributed by atoms with van der Waals surface area (Å²) in [5.41, 5.74) is -0.662. The molecule has 0 unspecified atom stereocenters. The fraction of sp³-hybridized carbons (Fsp3) is 0. The first-order chi connectivity index (χ1) is 7.00.